The van der Waals surface area contributed by atoms with Gasteiger partial charge in [-0.2, -0.15) is 0 Å². The quantitative estimate of drug-likeness (QED) is 0.157. The summed E-state index contributed by atoms with van der Waals surface area (Å²) in [6.07, 6.45) is 0. The molecule has 6 heteroatoms. The molecule has 0 N–H and O–H groups in total. The number of nitrogens with zero attached hydrogens (tertiary/aromatic N) is 4. The molecular weight excluding hydrogens is 1060 g/mol. The third-order valence-electron chi connectivity index (χ3n) is 21.5. The van der Waals surface area contributed by atoms with Gasteiger partial charge in [0.1, 0.15) is 0 Å². The zero-order valence-corrected chi connectivity index (χ0v) is 50.6. The second-order valence-corrected chi connectivity index (χ2v) is 26.2. The molecule has 0 saturated heterocycles. The molecule has 0 amide bonds. The molecule has 8 heterocycles. The zero-order valence-electron chi connectivity index (χ0n) is 50.6. The minimum Gasteiger partial charge on any atom is -0.374 e. The summed E-state index contributed by atoms with van der Waals surface area (Å²) in [5.74, 6) is 0. The number of benzene rings is 12. The van der Waals surface area contributed by atoms with Gasteiger partial charge in [-0.1, -0.05) is 170 Å². The van der Waals surface area contributed by atoms with E-state index in [4.69, 9.17) is 0 Å². The highest BCUT2D eigenvalue weighted by molar-refractivity contribution is 6.92. The van der Waals surface area contributed by atoms with Crippen LogP contribution in [0.2, 0.25) is 0 Å². The molecule has 4 aliphatic heterocycles. The van der Waals surface area contributed by atoms with Crippen molar-refractivity contribution in [1.29, 1.82) is 0 Å². The van der Waals surface area contributed by atoms with Crippen molar-refractivity contribution in [3.63, 3.8) is 0 Å². The molecule has 16 aromatic rings. The summed E-state index contributed by atoms with van der Waals surface area (Å²) in [5, 5.41) is 7.83. The average molecular weight is 1120 g/mol. The minimum absolute atomic E-state index is 0.100. The van der Waals surface area contributed by atoms with Gasteiger partial charge in [0.2, 0.25) is 0 Å². The Morgan fingerprint density at radius 1 is 0.261 bits per heavy atom. The largest absolute Gasteiger partial charge is 0.374 e. The molecule has 0 atom stereocenters. The van der Waals surface area contributed by atoms with E-state index < -0.39 is 0 Å². The van der Waals surface area contributed by atoms with Crippen LogP contribution in [0.1, 0.15) is 44.5 Å². The molecule has 12 aromatic carbocycles. The smallest absolute Gasteiger partial charge is 0.333 e. The van der Waals surface area contributed by atoms with Crippen molar-refractivity contribution in [3.8, 4) is 78.1 Å². The fourth-order valence-corrected chi connectivity index (χ4v) is 18.3. The number of para-hydroxylation sites is 4. The van der Waals surface area contributed by atoms with Gasteiger partial charge in [-0.25, -0.2) is 0 Å². The summed E-state index contributed by atoms with van der Waals surface area (Å²) in [4.78, 5) is 0. The van der Waals surface area contributed by atoms with Crippen LogP contribution in [-0.4, -0.2) is 31.8 Å². The Kier molecular flexibility index (Phi) is 9.34. The molecule has 0 unspecified atom stereocenters. The molecule has 4 nitrogen and oxygen atoms in total. The predicted octanol–water partition coefficient (Wildman–Crippen LogP) is 18.0. The van der Waals surface area contributed by atoms with E-state index >= 15 is 0 Å². The van der Waals surface area contributed by atoms with E-state index in [0.29, 0.717) is 0 Å². The lowest BCUT2D eigenvalue weighted by Crippen LogP contribution is -2.55. The molecule has 412 valence electrons. The fraction of sp³-hybridized carbons (Fsp3) is 0.0976. The second-order valence-electron chi connectivity index (χ2n) is 26.2. The average Bonchev–Trinajstić information content (AvgIpc) is 1.51. The van der Waals surface area contributed by atoms with Gasteiger partial charge in [-0.15, -0.1) is 0 Å². The van der Waals surface area contributed by atoms with Crippen LogP contribution in [0.25, 0.3) is 155 Å². The Balaban J connectivity index is 0.911. The lowest BCUT2D eigenvalue weighted by molar-refractivity contribution is 1.17. The third kappa shape index (κ3) is 5.81. The Morgan fingerprint density at radius 2 is 0.614 bits per heavy atom. The minimum atomic E-state index is -0.100. The van der Waals surface area contributed by atoms with Crippen molar-refractivity contribution in [2.24, 2.45) is 0 Å². The van der Waals surface area contributed by atoms with E-state index in [1.54, 1.807) is 0 Å². The maximum atomic E-state index is 2.82. The molecule has 0 spiro atoms. The monoisotopic (exact) mass is 1120 g/mol. The Hall–Kier alpha value is -10.3. The Labute approximate surface area is 511 Å². The molecule has 0 bridgehead atoms. The number of aromatic nitrogens is 4. The highest BCUT2D eigenvalue weighted by Gasteiger charge is 2.47. The van der Waals surface area contributed by atoms with E-state index in [-0.39, 0.29) is 13.7 Å². The van der Waals surface area contributed by atoms with Crippen LogP contribution < -0.4 is 21.9 Å². The maximum absolute atomic E-state index is 2.82. The molecule has 88 heavy (non-hydrogen) atoms. The van der Waals surface area contributed by atoms with Crippen LogP contribution in [0, 0.1) is 55.4 Å². The summed E-state index contributed by atoms with van der Waals surface area (Å²) >= 11 is 0. The van der Waals surface area contributed by atoms with Crippen LogP contribution in [-0.2, 0) is 0 Å². The standard InChI is InChI=1S/C82H58B2N4/c1-43-19-13-20-44(2)69(43)51-39-61(71-47(5)23-15-24-48(71)6)73-57-37-35-53-55-27-17-29-59-77(55)87(83-63-31-9-11-33-65(63)85(67(73)41-51)79(57)75(53)83)81-60-30-18-28-56-54-36-38-58-74-62(72-49(7)25-16-26-50(72)8)40-52(70-45(3)21-14-22-46(70)4)42-68(74)86-66-34-12-10-32-64(66)84(76(54)80(58)86)88(78(56)60)82(59)81/h9-42H,1-8H3. The van der Waals surface area contributed by atoms with Crippen LogP contribution in [0.15, 0.2) is 206 Å². The Bertz CT molecular complexity index is 5540. The molecule has 20 rings (SSSR count). The van der Waals surface area contributed by atoms with Crippen molar-refractivity contribution in [2.45, 2.75) is 55.4 Å². The molecule has 0 radical (unpaired) electrons. The first kappa shape index (κ1) is 48.9. The van der Waals surface area contributed by atoms with Gasteiger partial charge in [0.05, 0.1) is 33.1 Å². The first-order valence-electron chi connectivity index (χ1n) is 31.4. The van der Waals surface area contributed by atoms with Gasteiger partial charge in [-0.3, -0.25) is 0 Å². The summed E-state index contributed by atoms with van der Waals surface area (Å²) in [6, 6.07) is 80.2. The topological polar surface area (TPSA) is 19.7 Å². The number of hydrogen-bond acceptors (Lipinski definition) is 0. The number of rotatable bonds is 4. The van der Waals surface area contributed by atoms with Crippen molar-refractivity contribution in [3.05, 3.63) is 251 Å². The third-order valence-corrected chi connectivity index (χ3v) is 21.5. The lowest BCUT2D eigenvalue weighted by Gasteiger charge is -2.34. The summed E-state index contributed by atoms with van der Waals surface area (Å²) in [7, 11) is 0. The van der Waals surface area contributed by atoms with Gasteiger partial charge < -0.3 is 18.1 Å². The van der Waals surface area contributed by atoms with Gasteiger partial charge in [-0.05, 0) is 214 Å². The first-order chi connectivity index (χ1) is 43.0. The van der Waals surface area contributed by atoms with Gasteiger partial charge in [0, 0.05) is 65.9 Å². The van der Waals surface area contributed by atoms with Crippen LogP contribution in [0.5, 0.6) is 0 Å². The normalized spacial score (nSPS) is 13.2. The summed E-state index contributed by atoms with van der Waals surface area (Å²) in [5.41, 5.74) is 44.2. The number of aryl methyl sites for hydroxylation is 8. The fourth-order valence-electron chi connectivity index (χ4n) is 18.3. The predicted molar refractivity (Wildman–Crippen MR) is 375 cm³/mol. The second kappa shape index (κ2) is 16.8. The highest BCUT2D eigenvalue weighted by Crippen LogP contribution is 2.53. The highest BCUT2D eigenvalue weighted by atomic mass is 15.1. The van der Waals surface area contributed by atoms with Crippen molar-refractivity contribution < 1.29 is 0 Å². The van der Waals surface area contributed by atoms with Crippen LogP contribution >= 0.6 is 0 Å². The SMILES string of the molecule is Cc1cccc(C)c1-c1cc(-c2c(C)cccc2C)c2c3ccc4c5c3n(c2c1)-c1ccccc1B5n1c2c-4cccc2c2c1c1cccc3c1n2B1c2ccccc2-n2c4cc(-c5c(C)cccc5C)cc(-c5c(C)cccc5C)c4c4ccc-3c1c42. The van der Waals surface area contributed by atoms with E-state index in [0.717, 1.165) is 0 Å². The maximum Gasteiger partial charge on any atom is 0.333 e. The molecule has 0 fully saturated rings. The van der Waals surface area contributed by atoms with Gasteiger partial charge >= 0.3 is 13.7 Å². The van der Waals surface area contributed by atoms with Crippen LogP contribution in [0.3, 0.4) is 0 Å². The molecule has 4 aliphatic rings. The summed E-state index contributed by atoms with van der Waals surface area (Å²) in [6.45, 7) is 18.1. The van der Waals surface area contributed by atoms with Crippen LogP contribution in [0.4, 0.5) is 0 Å². The van der Waals surface area contributed by atoms with Gasteiger partial charge in [0.25, 0.3) is 0 Å². The van der Waals surface area contributed by atoms with E-state index in [1.807, 2.05) is 0 Å². The number of hydrogen-bond donors (Lipinski definition) is 0. The summed E-state index contributed by atoms with van der Waals surface area (Å²) < 4.78 is 11.0. The zero-order chi connectivity index (χ0) is 58.6. The van der Waals surface area contributed by atoms with Crippen molar-refractivity contribution >= 4 is 112 Å². The number of fused-ring (bicyclic) bond motifs is 21. The Morgan fingerprint density at radius 3 is 1.00 bits per heavy atom. The van der Waals surface area contributed by atoms with Gasteiger partial charge in [0.15, 0.2) is 0 Å². The molecule has 0 saturated carbocycles. The molecular formula is C82H58B2N4. The van der Waals surface area contributed by atoms with Crippen molar-refractivity contribution in [2.75, 3.05) is 0 Å². The van der Waals surface area contributed by atoms with Crippen molar-refractivity contribution in [1.82, 2.24) is 18.1 Å². The first-order valence-corrected chi connectivity index (χ1v) is 31.4. The van der Waals surface area contributed by atoms with E-state index in [9.17, 15) is 0 Å². The lowest BCUT2D eigenvalue weighted by atomic mass is 9.45. The molecule has 4 aromatic heterocycles. The molecule has 0 aliphatic carbocycles. The van der Waals surface area contributed by atoms with E-state index in [1.165, 1.54) is 221 Å². The van der Waals surface area contributed by atoms with E-state index in [2.05, 4.69) is 280 Å².